The van der Waals surface area contributed by atoms with Gasteiger partial charge in [0.25, 0.3) is 5.91 Å². The van der Waals surface area contributed by atoms with Crippen LogP contribution in [0.15, 0.2) is 36.5 Å². The van der Waals surface area contributed by atoms with Gasteiger partial charge < -0.3 is 15.5 Å². The number of carbonyl (C=O) groups excluding carboxylic acids is 1. The number of amides is 1. The maximum absolute atomic E-state index is 13.8. The Labute approximate surface area is 167 Å². The van der Waals surface area contributed by atoms with Gasteiger partial charge in [-0.05, 0) is 32.0 Å². The molecule has 1 saturated heterocycles. The fourth-order valence-electron chi connectivity index (χ4n) is 4.45. The maximum atomic E-state index is 13.8. The Kier molecular flexibility index (Phi) is 4.09. The molecule has 1 aliphatic rings. The summed E-state index contributed by atoms with van der Waals surface area (Å²) < 4.78 is 1.95. The number of anilines is 1. The van der Waals surface area contributed by atoms with Crippen molar-refractivity contribution < 1.29 is 4.79 Å². The molecule has 5 rings (SSSR count). The predicted octanol–water partition coefficient (Wildman–Crippen LogP) is 2.29. The van der Waals surface area contributed by atoms with E-state index in [1.54, 1.807) is 6.20 Å². The largest absolute Gasteiger partial charge is 0.387 e. The lowest BCUT2D eigenvalue weighted by molar-refractivity contribution is 0.0676. The van der Waals surface area contributed by atoms with Crippen LogP contribution in [-0.2, 0) is 0 Å². The summed E-state index contributed by atoms with van der Waals surface area (Å²) in [4.78, 5) is 20.5. The molecule has 4 aromatic rings. The molecule has 1 aromatic carbocycles. The van der Waals surface area contributed by atoms with Crippen LogP contribution in [0.3, 0.4) is 0 Å². The molecule has 0 aliphatic carbocycles. The summed E-state index contributed by atoms with van der Waals surface area (Å²) in [6.07, 6.45) is 1.65. The highest BCUT2D eigenvalue weighted by molar-refractivity contribution is 6.13. The Hall–Kier alpha value is -3.26. The smallest absolute Gasteiger partial charge is 0.259 e. The Morgan fingerprint density at radius 3 is 2.66 bits per heavy atom. The number of imidazole rings is 1. The van der Waals surface area contributed by atoms with Crippen molar-refractivity contribution in [2.24, 2.45) is 0 Å². The summed E-state index contributed by atoms with van der Waals surface area (Å²) in [6, 6.07) is 10.2. The monoisotopic (exact) mass is 389 g/mol. The van der Waals surface area contributed by atoms with Crippen molar-refractivity contribution in [3.05, 3.63) is 42.1 Å². The molecule has 2 unspecified atom stereocenters. The molecule has 2 atom stereocenters. The number of fused-ring (bicyclic) bond motifs is 5. The lowest BCUT2D eigenvalue weighted by Crippen LogP contribution is -2.56. The van der Waals surface area contributed by atoms with Crippen LogP contribution in [0, 0.1) is 0 Å². The summed E-state index contributed by atoms with van der Waals surface area (Å²) in [5.74, 6) is -0.0198. The van der Waals surface area contributed by atoms with Gasteiger partial charge in [0.1, 0.15) is 5.56 Å². The Morgan fingerprint density at radius 2 is 1.90 bits per heavy atom. The number of carbonyl (C=O) groups is 1. The minimum Gasteiger partial charge on any atom is -0.387 e. The molecule has 8 heteroatoms. The number of pyridine rings is 1. The zero-order valence-corrected chi connectivity index (χ0v) is 16.7. The lowest BCUT2D eigenvalue weighted by Gasteiger charge is -2.36. The summed E-state index contributed by atoms with van der Waals surface area (Å²) in [5, 5.41) is 16.0. The molecule has 3 aromatic heterocycles. The van der Waals surface area contributed by atoms with Gasteiger partial charge in [0, 0.05) is 37.6 Å². The van der Waals surface area contributed by atoms with Crippen molar-refractivity contribution in [3.8, 4) is 0 Å². The molecule has 148 valence electrons. The molecule has 4 heterocycles. The van der Waals surface area contributed by atoms with Gasteiger partial charge in [-0.3, -0.25) is 9.20 Å². The fraction of sp³-hybridized carbons (Fsp3) is 0.333. The summed E-state index contributed by atoms with van der Waals surface area (Å²) in [6.45, 7) is 5.52. The Balaban J connectivity index is 1.85. The number of hydrogen-bond acceptors (Lipinski definition) is 6. The second kappa shape index (κ2) is 6.66. The van der Waals surface area contributed by atoms with E-state index in [1.165, 1.54) is 0 Å². The van der Waals surface area contributed by atoms with Gasteiger partial charge >= 0.3 is 0 Å². The Bertz CT molecular complexity index is 1240. The number of para-hydroxylation sites is 2. The first-order chi connectivity index (χ1) is 14.1. The summed E-state index contributed by atoms with van der Waals surface area (Å²) >= 11 is 0. The van der Waals surface area contributed by atoms with E-state index in [4.69, 9.17) is 4.98 Å². The molecule has 8 nitrogen and oxygen atoms in total. The first kappa shape index (κ1) is 17.8. The van der Waals surface area contributed by atoms with Gasteiger partial charge in [-0.1, -0.05) is 12.1 Å². The van der Waals surface area contributed by atoms with Crippen LogP contribution < -0.4 is 10.6 Å². The average Bonchev–Trinajstić information content (AvgIpc) is 3.11. The van der Waals surface area contributed by atoms with E-state index in [-0.39, 0.29) is 18.0 Å². The second-order valence-corrected chi connectivity index (χ2v) is 7.71. The van der Waals surface area contributed by atoms with Crippen molar-refractivity contribution >= 4 is 39.3 Å². The third kappa shape index (κ3) is 2.71. The van der Waals surface area contributed by atoms with Crippen LogP contribution in [0.25, 0.3) is 27.7 Å². The average molecular weight is 389 g/mol. The van der Waals surface area contributed by atoms with Crippen LogP contribution in [0.4, 0.5) is 5.69 Å². The van der Waals surface area contributed by atoms with Crippen molar-refractivity contribution in [3.63, 3.8) is 0 Å². The van der Waals surface area contributed by atoms with Crippen molar-refractivity contribution in [1.29, 1.82) is 0 Å². The van der Waals surface area contributed by atoms with Crippen molar-refractivity contribution in [2.75, 3.05) is 25.5 Å². The number of nitrogens with one attached hydrogen (secondary N) is 2. The molecular weight excluding hydrogens is 366 g/mol. The number of piperazine rings is 1. The van der Waals surface area contributed by atoms with Crippen molar-refractivity contribution in [1.82, 2.24) is 29.8 Å². The van der Waals surface area contributed by atoms with Crippen LogP contribution in [0.5, 0.6) is 0 Å². The SMILES string of the molecule is CNc1c(C(=O)N2CC(C)NC(C)C2)c2nc3ccccc3n2c2nnccc12. The van der Waals surface area contributed by atoms with Gasteiger partial charge in [0.05, 0.1) is 22.9 Å². The topological polar surface area (TPSA) is 87.5 Å². The molecule has 1 fully saturated rings. The molecule has 1 amide bonds. The highest BCUT2D eigenvalue weighted by Gasteiger charge is 2.30. The second-order valence-electron chi connectivity index (χ2n) is 7.71. The maximum Gasteiger partial charge on any atom is 0.259 e. The quantitative estimate of drug-likeness (QED) is 0.547. The van der Waals surface area contributed by atoms with E-state index in [0.29, 0.717) is 29.9 Å². The molecule has 0 radical (unpaired) electrons. The molecule has 0 spiro atoms. The minimum atomic E-state index is -0.0198. The van der Waals surface area contributed by atoms with Crippen molar-refractivity contribution in [2.45, 2.75) is 25.9 Å². The number of nitrogens with zero attached hydrogens (tertiary/aromatic N) is 5. The van der Waals surface area contributed by atoms with Gasteiger partial charge in [0.15, 0.2) is 11.3 Å². The number of rotatable bonds is 2. The van der Waals surface area contributed by atoms with E-state index in [1.807, 2.05) is 46.7 Å². The first-order valence-electron chi connectivity index (χ1n) is 9.86. The van der Waals surface area contributed by atoms with Crippen LogP contribution in [0.2, 0.25) is 0 Å². The highest BCUT2D eigenvalue weighted by Crippen LogP contribution is 2.33. The van der Waals surface area contributed by atoms with E-state index in [2.05, 4.69) is 34.7 Å². The zero-order valence-electron chi connectivity index (χ0n) is 16.7. The molecule has 2 N–H and O–H groups in total. The Morgan fingerprint density at radius 1 is 1.14 bits per heavy atom. The molecular formula is C21H23N7O. The summed E-state index contributed by atoms with van der Waals surface area (Å²) in [5.41, 5.74) is 4.33. The van der Waals surface area contributed by atoms with Crippen LogP contribution in [-0.4, -0.2) is 62.6 Å². The minimum absolute atomic E-state index is 0.0198. The van der Waals surface area contributed by atoms with E-state index < -0.39 is 0 Å². The van der Waals surface area contributed by atoms with E-state index in [0.717, 1.165) is 22.1 Å². The van der Waals surface area contributed by atoms with Gasteiger partial charge in [-0.15, -0.1) is 5.10 Å². The standard InChI is InChI=1S/C21H23N7O/c1-12-10-27(11-13(2)24-12)21(29)17-18(22-3)14-8-9-23-26-19(14)28-16-7-5-4-6-15(16)25-20(17)28/h4-9,12-13,22,24H,10-11H2,1-3H3. The molecule has 1 aliphatic heterocycles. The third-order valence-corrected chi connectivity index (χ3v) is 5.53. The molecule has 0 saturated carbocycles. The highest BCUT2D eigenvalue weighted by atomic mass is 16.2. The predicted molar refractivity (Wildman–Crippen MR) is 113 cm³/mol. The summed E-state index contributed by atoms with van der Waals surface area (Å²) in [7, 11) is 1.83. The third-order valence-electron chi connectivity index (χ3n) is 5.53. The number of benzene rings is 1. The van der Waals surface area contributed by atoms with Crippen LogP contribution >= 0.6 is 0 Å². The van der Waals surface area contributed by atoms with E-state index >= 15 is 0 Å². The number of aromatic nitrogens is 4. The lowest BCUT2D eigenvalue weighted by atomic mass is 10.1. The first-order valence-corrected chi connectivity index (χ1v) is 9.86. The normalized spacial score (nSPS) is 19.9. The molecule has 0 bridgehead atoms. The number of hydrogen-bond donors (Lipinski definition) is 2. The van der Waals surface area contributed by atoms with E-state index in [9.17, 15) is 4.79 Å². The molecule has 29 heavy (non-hydrogen) atoms. The zero-order chi connectivity index (χ0) is 20.1. The van der Waals surface area contributed by atoms with Gasteiger partial charge in [0.2, 0.25) is 0 Å². The fourth-order valence-corrected chi connectivity index (χ4v) is 4.45. The van der Waals surface area contributed by atoms with Crippen LogP contribution in [0.1, 0.15) is 24.2 Å². The van der Waals surface area contributed by atoms with Gasteiger partial charge in [-0.25, -0.2) is 4.98 Å². The van der Waals surface area contributed by atoms with Gasteiger partial charge in [-0.2, -0.15) is 5.10 Å².